The lowest BCUT2D eigenvalue weighted by atomic mass is 10.1. The molecule has 0 aromatic heterocycles. The van der Waals surface area contributed by atoms with Gasteiger partial charge >= 0.3 is 11.9 Å². The Balaban J connectivity index is 3.58. The van der Waals surface area contributed by atoms with Crippen LogP contribution in [0.25, 0.3) is 0 Å². The molecule has 1 unspecified atom stereocenters. The molecular formula is C39H71ClO4. The fourth-order valence-corrected chi connectivity index (χ4v) is 5.45. The second-order valence-corrected chi connectivity index (χ2v) is 12.9. The summed E-state index contributed by atoms with van der Waals surface area (Å²) < 4.78 is 10.8. The largest absolute Gasteiger partial charge is 0.462 e. The van der Waals surface area contributed by atoms with E-state index in [1.54, 1.807) is 0 Å². The highest BCUT2D eigenvalue weighted by molar-refractivity contribution is 6.18. The summed E-state index contributed by atoms with van der Waals surface area (Å²) in [5.74, 6) is -0.341. The Morgan fingerprint density at radius 1 is 0.500 bits per heavy atom. The molecule has 0 saturated heterocycles. The minimum atomic E-state index is -0.564. The first-order valence-electron chi connectivity index (χ1n) is 18.8. The monoisotopic (exact) mass is 639 g/mol. The van der Waals surface area contributed by atoms with E-state index < -0.39 is 6.10 Å². The van der Waals surface area contributed by atoms with Gasteiger partial charge in [0.2, 0.25) is 0 Å². The summed E-state index contributed by atoms with van der Waals surface area (Å²) in [6.45, 7) is 4.57. The maximum absolute atomic E-state index is 12.2. The van der Waals surface area contributed by atoms with Crippen LogP contribution in [0.15, 0.2) is 24.3 Å². The van der Waals surface area contributed by atoms with E-state index in [0.717, 1.165) is 51.4 Å². The van der Waals surface area contributed by atoms with Crippen LogP contribution in [0.4, 0.5) is 0 Å². The van der Waals surface area contributed by atoms with Gasteiger partial charge in [0.25, 0.3) is 0 Å². The van der Waals surface area contributed by atoms with Gasteiger partial charge in [0.1, 0.15) is 12.7 Å². The number of ether oxygens (including phenoxy) is 2. The molecular weight excluding hydrogens is 568 g/mol. The Bertz CT molecular complexity index is 675. The molecule has 0 spiro atoms. The summed E-state index contributed by atoms with van der Waals surface area (Å²) in [5.41, 5.74) is 0. The summed E-state index contributed by atoms with van der Waals surface area (Å²) in [6, 6.07) is 0. The van der Waals surface area contributed by atoms with Gasteiger partial charge in [0.05, 0.1) is 5.88 Å². The van der Waals surface area contributed by atoms with E-state index in [0.29, 0.717) is 12.8 Å². The summed E-state index contributed by atoms with van der Waals surface area (Å²) >= 11 is 5.96. The van der Waals surface area contributed by atoms with Gasteiger partial charge in [-0.25, -0.2) is 0 Å². The number of hydrogen-bond acceptors (Lipinski definition) is 4. The maximum Gasteiger partial charge on any atom is 0.306 e. The number of rotatable bonds is 34. The highest BCUT2D eigenvalue weighted by Gasteiger charge is 2.16. The molecule has 0 amide bonds. The fraction of sp³-hybridized carbons (Fsp3) is 0.846. The minimum Gasteiger partial charge on any atom is -0.462 e. The predicted octanol–water partition coefficient (Wildman–Crippen LogP) is 12.8. The zero-order valence-corrected chi connectivity index (χ0v) is 29.9. The molecule has 44 heavy (non-hydrogen) atoms. The number of allylic oxidation sites excluding steroid dienone is 4. The second-order valence-electron chi connectivity index (χ2n) is 12.6. The van der Waals surface area contributed by atoms with Crippen molar-refractivity contribution in [2.45, 2.75) is 200 Å². The molecule has 0 fully saturated rings. The summed E-state index contributed by atoms with van der Waals surface area (Å²) in [4.78, 5) is 24.3. The highest BCUT2D eigenvalue weighted by Crippen LogP contribution is 2.13. The van der Waals surface area contributed by atoms with Crippen LogP contribution < -0.4 is 0 Å². The van der Waals surface area contributed by atoms with Crippen molar-refractivity contribution in [3.8, 4) is 0 Å². The topological polar surface area (TPSA) is 52.6 Å². The highest BCUT2D eigenvalue weighted by atomic mass is 35.5. The van der Waals surface area contributed by atoms with E-state index in [-0.39, 0.29) is 24.4 Å². The number of unbranched alkanes of at least 4 members (excludes halogenated alkanes) is 22. The van der Waals surface area contributed by atoms with E-state index in [4.69, 9.17) is 21.1 Å². The van der Waals surface area contributed by atoms with E-state index in [1.165, 1.54) is 116 Å². The van der Waals surface area contributed by atoms with Gasteiger partial charge < -0.3 is 9.47 Å². The number of halogens is 1. The van der Waals surface area contributed by atoms with E-state index >= 15 is 0 Å². The fourth-order valence-electron chi connectivity index (χ4n) is 5.29. The quantitative estimate of drug-likeness (QED) is 0.0304. The molecule has 0 aromatic carbocycles. The third-order valence-corrected chi connectivity index (χ3v) is 8.53. The van der Waals surface area contributed by atoms with Gasteiger partial charge in [-0.15, -0.1) is 11.6 Å². The summed E-state index contributed by atoms with van der Waals surface area (Å²) in [6.07, 6.45) is 41.5. The van der Waals surface area contributed by atoms with E-state index in [9.17, 15) is 9.59 Å². The van der Waals surface area contributed by atoms with Gasteiger partial charge in [-0.05, 0) is 64.2 Å². The van der Waals surface area contributed by atoms with Crippen LogP contribution >= 0.6 is 11.6 Å². The van der Waals surface area contributed by atoms with Gasteiger partial charge in [-0.3, -0.25) is 9.59 Å². The van der Waals surface area contributed by atoms with Gasteiger partial charge in [0.15, 0.2) is 0 Å². The van der Waals surface area contributed by atoms with Crippen molar-refractivity contribution in [3.63, 3.8) is 0 Å². The van der Waals surface area contributed by atoms with Crippen molar-refractivity contribution in [2.75, 3.05) is 12.5 Å². The average molecular weight is 639 g/mol. The van der Waals surface area contributed by atoms with Crippen molar-refractivity contribution in [1.82, 2.24) is 0 Å². The van der Waals surface area contributed by atoms with Crippen LogP contribution in [-0.4, -0.2) is 30.5 Å². The second kappa shape index (κ2) is 36.2. The van der Waals surface area contributed by atoms with Gasteiger partial charge in [0, 0.05) is 12.8 Å². The normalized spacial score (nSPS) is 12.3. The third-order valence-electron chi connectivity index (χ3n) is 8.19. The number of carbonyl (C=O) groups excluding carboxylic acids is 2. The van der Waals surface area contributed by atoms with Crippen LogP contribution in [0, 0.1) is 0 Å². The molecule has 0 aliphatic rings. The first kappa shape index (κ1) is 42.7. The van der Waals surface area contributed by atoms with Crippen molar-refractivity contribution in [1.29, 1.82) is 0 Å². The number of esters is 2. The Morgan fingerprint density at radius 3 is 1.23 bits per heavy atom. The number of hydrogen-bond donors (Lipinski definition) is 0. The molecule has 4 nitrogen and oxygen atoms in total. The Labute approximate surface area is 278 Å². The SMILES string of the molecule is CCCCCCCC/C=C\CCCCCCCC(=O)OCC(CCl)OC(=O)CCCCCCC/C=C/CCCCCCCC. The Morgan fingerprint density at radius 2 is 0.841 bits per heavy atom. The first-order valence-corrected chi connectivity index (χ1v) is 19.4. The van der Waals surface area contributed by atoms with Crippen LogP contribution in [0.5, 0.6) is 0 Å². The first-order chi connectivity index (χ1) is 21.6. The molecule has 0 aromatic rings. The van der Waals surface area contributed by atoms with Gasteiger partial charge in [-0.2, -0.15) is 0 Å². The average Bonchev–Trinajstić information content (AvgIpc) is 3.02. The molecule has 0 aliphatic carbocycles. The molecule has 0 heterocycles. The molecule has 0 rings (SSSR count). The van der Waals surface area contributed by atoms with Crippen molar-refractivity contribution >= 4 is 23.5 Å². The third kappa shape index (κ3) is 33.6. The van der Waals surface area contributed by atoms with Crippen LogP contribution in [0.3, 0.4) is 0 Å². The molecule has 0 bridgehead atoms. The van der Waals surface area contributed by atoms with E-state index in [1.807, 2.05) is 0 Å². The van der Waals surface area contributed by atoms with Crippen LogP contribution in [0.1, 0.15) is 194 Å². The Hall–Kier alpha value is -1.29. The molecule has 0 radical (unpaired) electrons. The van der Waals surface area contributed by atoms with E-state index in [2.05, 4.69) is 38.2 Å². The lowest BCUT2D eigenvalue weighted by Crippen LogP contribution is -2.26. The molecule has 0 saturated carbocycles. The summed E-state index contributed by atoms with van der Waals surface area (Å²) in [7, 11) is 0. The van der Waals surface area contributed by atoms with Crippen LogP contribution in [-0.2, 0) is 19.1 Å². The molecule has 5 heteroatoms. The molecule has 1 atom stereocenters. The Kier molecular flexibility index (Phi) is 35.1. The lowest BCUT2D eigenvalue weighted by Gasteiger charge is -2.15. The predicted molar refractivity (Wildman–Crippen MR) is 190 cm³/mol. The number of carbonyl (C=O) groups is 2. The van der Waals surface area contributed by atoms with Gasteiger partial charge in [-0.1, -0.05) is 141 Å². The van der Waals surface area contributed by atoms with Crippen molar-refractivity contribution in [2.24, 2.45) is 0 Å². The van der Waals surface area contributed by atoms with Crippen LogP contribution in [0.2, 0.25) is 0 Å². The molecule has 0 N–H and O–H groups in total. The molecule has 0 aliphatic heterocycles. The summed E-state index contributed by atoms with van der Waals surface area (Å²) in [5, 5.41) is 0. The lowest BCUT2D eigenvalue weighted by molar-refractivity contribution is -0.157. The van der Waals surface area contributed by atoms with Crippen molar-refractivity contribution < 1.29 is 19.1 Å². The maximum atomic E-state index is 12.2. The zero-order chi connectivity index (χ0) is 32.2. The van der Waals surface area contributed by atoms with Crippen molar-refractivity contribution in [3.05, 3.63) is 24.3 Å². The minimum absolute atomic E-state index is 0.0471. The molecule has 258 valence electrons. The standard InChI is InChI=1S/C39H71ClO4/c1-3-5-7-9-11-13-15-17-19-21-23-25-27-29-31-33-38(41)43-36-37(35-40)44-39(42)34-32-30-28-26-24-22-20-18-16-14-12-10-8-6-4-2/h17-20,37H,3-16,21-36H2,1-2H3/b19-17-,20-18+. The smallest absolute Gasteiger partial charge is 0.306 e. The number of alkyl halides is 1. The zero-order valence-electron chi connectivity index (χ0n) is 29.1.